The van der Waals surface area contributed by atoms with Crippen LogP contribution < -0.4 is 4.74 Å². The molecule has 0 radical (unpaired) electrons. The monoisotopic (exact) mass is 389 g/mol. The number of likely N-dealkylation sites (tertiary alicyclic amines) is 1. The second-order valence-electron chi connectivity index (χ2n) is 6.51. The minimum Gasteiger partial charge on any atom is -0.477 e. The molecule has 0 saturated carbocycles. The molecule has 8 heteroatoms. The van der Waals surface area contributed by atoms with Gasteiger partial charge in [-0.3, -0.25) is 9.78 Å². The Hall–Kier alpha value is -2.48. The van der Waals surface area contributed by atoms with Crippen LogP contribution in [0.15, 0.2) is 41.6 Å². The molecular formula is C19H23N3O4S. The van der Waals surface area contributed by atoms with Crippen LogP contribution in [-0.4, -0.2) is 55.1 Å². The lowest BCUT2D eigenvalue weighted by molar-refractivity contribution is 0.0706. The molecule has 144 valence electrons. The summed E-state index contributed by atoms with van der Waals surface area (Å²) in [6.45, 7) is 3.35. The highest BCUT2D eigenvalue weighted by Gasteiger charge is 2.29. The van der Waals surface area contributed by atoms with Crippen molar-refractivity contribution in [2.75, 3.05) is 26.0 Å². The molecule has 1 amide bonds. The topological polar surface area (TPSA) is 89.5 Å². The predicted octanol–water partition coefficient (Wildman–Crippen LogP) is 2.30. The van der Waals surface area contributed by atoms with Gasteiger partial charge in [-0.05, 0) is 44.0 Å². The zero-order chi connectivity index (χ0) is 19.4. The Kier molecular flexibility index (Phi) is 5.74. The van der Waals surface area contributed by atoms with Crippen LogP contribution in [0.2, 0.25) is 0 Å². The van der Waals surface area contributed by atoms with Crippen LogP contribution >= 0.6 is 0 Å². The van der Waals surface area contributed by atoms with Crippen molar-refractivity contribution in [3.05, 3.63) is 47.9 Å². The van der Waals surface area contributed by atoms with Crippen LogP contribution in [0.3, 0.4) is 0 Å². The summed E-state index contributed by atoms with van der Waals surface area (Å²) in [5.41, 5.74) is 1.05. The van der Waals surface area contributed by atoms with Crippen LogP contribution in [0.4, 0.5) is 0 Å². The number of piperidine rings is 1. The largest absolute Gasteiger partial charge is 0.477 e. The Bertz CT molecular complexity index is 922. The smallest absolute Gasteiger partial charge is 0.259 e. The number of pyridine rings is 2. The lowest BCUT2D eigenvalue weighted by atomic mass is 9.92. The van der Waals surface area contributed by atoms with E-state index in [1.54, 1.807) is 41.6 Å². The first-order chi connectivity index (χ1) is 12.9. The molecule has 1 saturated heterocycles. The maximum absolute atomic E-state index is 12.9. The standard InChI is InChI=1S/C19H23N3O4S/c1-3-26-18-15(6-4-11-21-18)19(23)22-12-8-14(9-13-22)17-16(27(2,24)25)7-5-10-20-17/h4-7,10-11,14H,3,8-9,12-13H2,1-2H3. The number of nitrogens with zero attached hydrogens (tertiary/aromatic N) is 3. The lowest BCUT2D eigenvalue weighted by Gasteiger charge is -2.32. The summed E-state index contributed by atoms with van der Waals surface area (Å²) in [6.07, 6.45) is 5.74. The van der Waals surface area contributed by atoms with E-state index in [1.807, 2.05) is 6.92 Å². The predicted molar refractivity (Wildman–Crippen MR) is 101 cm³/mol. The van der Waals surface area contributed by atoms with Crippen molar-refractivity contribution in [3.8, 4) is 5.88 Å². The molecule has 0 aromatic carbocycles. The quantitative estimate of drug-likeness (QED) is 0.779. The molecule has 1 aliphatic rings. The van der Waals surface area contributed by atoms with Gasteiger partial charge in [-0.25, -0.2) is 13.4 Å². The number of rotatable bonds is 5. The second kappa shape index (κ2) is 8.04. The fraction of sp³-hybridized carbons (Fsp3) is 0.421. The molecule has 0 aliphatic carbocycles. The van der Waals surface area contributed by atoms with Gasteiger partial charge in [-0.1, -0.05) is 0 Å². The summed E-state index contributed by atoms with van der Waals surface area (Å²) in [6, 6.07) is 6.66. The molecule has 3 rings (SSSR count). The average molecular weight is 389 g/mol. The lowest BCUT2D eigenvalue weighted by Crippen LogP contribution is -2.38. The van der Waals surface area contributed by atoms with Gasteiger partial charge in [-0.15, -0.1) is 0 Å². The Morgan fingerprint density at radius 1 is 1.19 bits per heavy atom. The molecule has 0 bridgehead atoms. The van der Waals surface area contributed by atoms with Crippen molar-refractivity contribution >= 4 is 15.7 Å². The van der Waals surface area contributed by atoms with E-state index in [4.69, 9.17) is 4.74 Å². The summed E-state index contributed by atoms with van der Waals surface area (Å²) in [7, 11) is -3.34. The number of carbonyl (C=O) groups excluding carboxylic acids is 1. The van der Waals surface area contributed by atoms with Gasteiger partial charge in [0.15, 0.2) is 9.84 Å². The zero-order valence-electron chi connectivity index (χ0n) is 15.5. The minimum absolute atomic E-state index is 0.0141. The average Bonchev–Trinajstić information content (AvgIpc) is 2.68. The first kappa shape index (κ1) is 19.3. The van der Waals surface area contributed by atoms with E-state index in [1.165, 1.54) is 6.26 Å². The highest BCUT2D eigenvalue weighted by atomic mass is 32.2. The maximum Gasteiger partial charge on any atom is 0.259 e. The molecule has 2 aromatic rings. The number of hydrogen-bond acceptors (Lipinski definition) is 6. The van der Waals surface area contributed by atoms with Gasteiger partial charge in [0.05, 0.1) is 17.2 Å². The number of aromatic nitrogens is 2. The van der Waals surface area contributed by atoms with Crippen LogP contribution in [-0.2, 0) is 9.84 Å². The normalized spacial score (nSPS) is 15.6. The van der Waals surface area contributed by atoms with E-state index in [0.29, 0.717) is 49.7 Å². The van der Waals surface area contributed by atoms with Gasteiger partial charge in [0.25, 0.3) is 5.91 Å². The van der Waals surface area contributed by atoms with E-state index in [0.717, 1.165) is 0 Å². The number of carbonyl (C=O) groups is 1. The summed E-state index contributed by atoms with van der Waals surface area (Å²) < 4.78 is 29.5. The first-order valence-corrected chi connectivity index (χ1v) is 10.8. The van der Waals surface area contributed by atoms with Crippen molar-refractivity contribution < 1.29 is 17.9 Å². The van der Waals surface area contributed by atoms with E-state index < -0.39 is 9.84 Å². The summed E-state index contributed by atoms with van der Waals surface area (Å²) >= 11 is 0. The van der Waals surface area contributed by atoms with Gasteiger partial charge in [-0.2, -0.15) is 0 Å². The van der Waals surface area contributed by atoms with E-state index in [-0.39, 0.29) is 16.7 Å². The molecule has 1 fully saturated rings. The van der Waals surface area contributed by atoms with E-state index in [2.05, 4.69) is 9.97 Å². The Balaban J connectivity index is 1.74. The number of hydrogen-bond donors (Lipinski definition) is 0. The van der Waals surface area contributed by atoms with Crippen molar-refractivity contribution in [1.82, 2.24) is 14.9 Å². The zero-order valence-corrected chi connectivity index (χ0v) is 16.3. The third-order valence-electron chi connectivity index (χ3n) is 4.65. The third-order valence-corrected chi connectivity index (χ3v) is 5.79. The molecule has 0 N–H and O–H groups in total. The summed E-state index contributed by atoms with van der Waals surface area (Å²) in [5.74, 6) is 0.241. The molecule has 27 heavy (non-hydrogen) atoms. The highest BCUT2D eigenvalue weighted by Crippen LogP contribution is 2.31. The fourth-order valence-corrected chi connectivity index (χ4v) is 4.28. The Morgan fingerprint density at radius 3 is 2.52 bits per heavy atom. The van der Waals surface area contributed by atoms with E-state index in [9.17, 15) is 13.2 Å². The van der Waals surface area contributed by atoms with Gasteiger partial charge >= 0.3 is 0 Å². The molecule has 7 nitrogen and oxygen atoms in total. The molecule has 3 heterocycles. The number of ether oxygens (including phenoxy) is 1. The van der Waals surface area contributed by atoms with Crippen molar-refractivity contribution in [2.24, 2.45) is 0 Å². The molecule has 0 atom stereocenters. The Labute approximate surface area is 159 Å². The molecular weight excluding hydrogens is 366 g/mol. The van der Waals surface area contributed by atoms with Gasteiger partial charge in [0, 0.05) is 37.7 Å². The van der Waals surface area contributed by atoms with Crippen LogP contribution in [0.1, 0.15) is 41.7 Å². The van der Waals surface area contributed by atoms with Crippen molar-refractivity contribution in [2.45, 2.75) is 30.6 Å². The van der Waals surface area contributed by atoms with Crippen LogP contribution in [0.5, 0.6) is 5.88 Å². The maximum atomic E-state index is 12.9. The van der Waals surface area contributed by atoms with Gasteiger partial charge in [0.1, 0.15) is 5.56 Å². The van der Waals surface area contributed by atoms with Gasteiger partial charge < -0.3 is 9.64 Å². The van der Waals surface area contributed by atoms with Crippen LogP contribution in [0, 0.1) is 0 Å². The number of amides is 1. The summed E-state index contributed by atoms with van der Waals surface area (Å²) in [4.78, 5) is 23.4. The van der Waals surface area contributed by atoms with Crippen molar-refractivity contribution in [3.63, 3.8) is 0 Å². The van der Waals surface area contributed by atoms with E-state index >= 15 is 0 Å². The van der Waals surface area contributed by atoms with Crippen LogP contribution in [0.25, 0.3) is 0 Å². The van der Waals surface area contributed by atoms with Gasteiger partial charge in [0.2, 0.25) is 5.88 Å². The second-order valence-corrected chi connectivity index (χ2v) is 8.50. The highest BCUT2D eigenvalue weighted by molar-refractivity contribution is 7.90. The Morgan fingerprint density at radius 2 is 1.85 bits per heavy atom. The third kappa shape index (κ3) is 4.27. The number of sulfone groups is 1. The minimum atomic E-state index is -3.34. The summed E-state index contributed by atoms with van der Waals surface area (Å²) in [5, 5.41) is 0. The first-order valence-electron chi connectivity index (χ1n) is 8.94. The molecule has 0 spiro atoms. The molecule has 0 unspecified atom stereocenters. The SMILES string of the molecule is CCOc1ncccc1C(=O)N1CCC(c2ncccc2S(C)(=O)=O)CC1. The molecule has 1 aliphatic heterocycles. The fourth-order valence-electron chi connectivity index (χ4n) is 3.35. The van der Waals surface area contributed by atoms with Crippen molar-refractivity contribution in [1.29, 1.82) is 0 Å². The molecule has 2 aromatic heterocycles.